The highest BCUT2D eigenvalue weighted by molar-refractivity contribution is 6.28. The van der Waals surface area contributed by atoms with Crippen molar-refractivity contribution in [2.75, 3.05) is 13.7 Å². The Bertz CT molecular complexity index is 1190. The quantitative estimate of drug-likeness (QED) is 0.182. The van der Waals surface area contributed by atoms with Gasteiger partial charge in [-0.3, -0.25) is 15.1 Å². The first-order chi connectivity index (χ1) is 14.7. The van der Waals surface area contributed by atoms with Crippen LogP contribution in [0.25, 0.3) is 16.7 Å². The van der Waals surface area contributed by atoms with Crippen molar-refractivity contribution < 1.29 is 9.66 Å². The van der Waals surface area contributed by atoms with Crippen molar-refractivity contribution >= 4 is 40.2 Å². The summed E-state index contributed by atoms with van der Waals surface area (Å²) in [5, 5.41) is 21.2. The molecule has 0 unspecified atom stereocenters. The number of nitrogens with two attached hydrogens (primary N) is 1. The Balaban J connectivity index is 1.78. The second-order valence-electron chi connectivity index (χ2n) is 6.75. The lowest BCUT2D eigenvalue weighted by atomic mass is 10.3. The molecule has 0 spiro atoms. The van der Waals surface area contributed by atoms with Crippen molar-refractivity contribution in [1.29, 1.82) is 0 Å². The lowest BCUT2D eigenvalue weighted by molar-refractivity contribution is -0.386. The van der Waals surface area contributed by atoms with Gasteiger partial charge in [-0.1, -0.05) is 0 Å². The fraction of sp³-hybridized carbons (Fsp3) is 0.389. The van der Waals surface area contributed by atoms with E-state index in [1.807, 2.05) is 6.92 Å². The van der Waals surface area contributed by atoms with Crippen LogP contribution >= 0.6 is 11.6 Å². The van der Waals surface area contributed by atoms with E-state index in [0.717, 1.165) is 11.1 Å². The lowest BCUT2D eigenvalue weighted by Gasteiger charge is -2.06. The van der Waals surface area contributed by atoms with Crippen LogP contribution in [0.15, 0.2) is 16.9 Å². The Morgan fingerprint density at radius 2 is 2.16 bits per heavy atom. The highest BCUT2D eigenvalue weighted by Gasteiger charge is 2.28. The standard InChI is InChI=1S/C18H22ClN9O3/c1-10(20)14(9-21-4)27-12(3)15(28(29)30)17(25-27)31-7-5-6-26-16-13(11(2)24-26)8-22-18(19)23-16/h8-9H,5-7,20H2,1-4H3/b14-10+,21-9?. The van der Waals surface area contributed by atoms with Gasteiger partial charge in [0, 0.05) is 38.1 Å². The number of aromatic nitrogens is 6. The first kappa shape index (κ1) is 22.2. The van der Waals surface area contributed by atoms with Gasteiger partial charge in [-0.15, -0.1) is 5.10 Å². The number of fused-ring (bicyclic) bond motifs is 1. The van der Waals surface area contributed by atoms with Gasteiger partial charge in [-0.05, 0) is 32.4 Å². The second kappa shape index (κ2) is 9.08. The molecule has 0 aliphatic rings. The summed E-state index contributed by atoms with van der Waals surface area (Å²) in [6.45, 7) is 5.75. The molecule has 0 bridgehead atoms. The van der Waals surface area contributed by atoms with Crippen molar-refractivity contribution in [1.82, 2.24) is 29.5 Å². The van der Waals surface area contributed by atoms with E-state index in [-0.39, 0.29) is 23.5 Å². The Morgan fingerprint density at radius 1 is 1.42 bits per heavy atom. The average Bonchev–Trinajstić information content (AvgIpc) is 3.19. The molecule has 0 saturated carbocycles. The molecule has 164 valence electrons. The first-order valence-electron chi connectivity index (χ1n) is 9.36. The predicted molar refractivity (Wildman–Crippen MR) is 116 cm³/mol. The van der Waals surface area contributed by atoms with E-state index in [0.29, 0.717) is 35.7 Å². The molecular weight excluding hydrogens is 426 g/mol. The minimum Gasteiger partial charge on any atom is -0.472 e. The van der Waals surface area contributed by atoms with Crippen LogP contribution in [0.1, 0.15) is 24.7 Å². The van der Waals surface area contributed by atoms with Gasteiger partial charge in [-0.2, -0.15) is 10.1 Å². The average molecular weight is 448 g/mol. The fourth-order valence-electron chi connectivity index (χ4n) is 3.08. The van der Waals surface area contributed by atoms with Gasteiger partial charge in [0.2, 0.25) is 5.28 Å². The maximum absolute atomic E-state index is 11.6. The molecule has 3 aromatic rings. The summed E-state index contributed by atoms with van der Waals surface area (Å²) in [7, 11) is 1.58. The molecule has 0 fully saturated rings. The van der Waals surface area contributed by atoms with Gasteiger partial charge in [0.15, 0.2) is 5.65 Å². The Hall–Kier alpha value is -3.54. The van der Waals surface area contributed by atoms with Gasteiger partial charge in [0.25, 0.3) is 0 Å². The molecule has 3 rings (SSSR count). The largest absolute Gasteiger partial charge is 0.472 e. The molecule has 12 nitrogen and oxygen atoms in total. The zero-order valence-corrected chi connectivity index (χ0v) is 18.3. The molecule has 31 heavy (non-hydrogen) atoms. The zero-order chi connectivity index (χ0) is 22.7. The summed E-state index contributed by atoms with van der Waals surface area (Å²) < 4.78 is 8.72. The Labute approximate surface area is 182 Å². The third-order valence-corrected chi connectivity index (χ3v) is 4.70. The molecule has 0 aliphatic heterocycles. The number of aryl methyl sites for hydroxylation is 2. The number of hydrogen-bond acceptors (Lipinski definition) is 9. The van der Waals surface area contributed by atoms with Crippen molar-refractivity contribution in [3.63, 3.8) is 0 Å². The van der Waals surface area contributed by atoms with Crippen molar-refractivity contribution in [2.24, 2.45) is 10.7 Å². The molecule has 0 atom stereocenters. The smallest absolute Gasteiger partial charge is 0.353 e. The molecule has 3 aromatic heterocycles. The van der Waals surface area contributed by atoms with Crippen LogP contribution in [0.3, 0.4) is 0 Å². The van der Waals surface area contributed by atoms with Gasteiger partial charge in [-0.25, -0.2) is 14.3 Å². The maximum atomic E-state index is 11.6. The number of halogens is 1. The number of allylic oxidation sites excluding steroid dienone is 2. The molecule has 0 saturated heterocycles. The Kier molecular flexibility index (Phi) is 6.49. The minimum absolute atomic E-state index is 0.0855. The summed E-state index contributed by atoms with van der Waals surface area (Å²) >= 11 is 5.89. The summed E-state index contributed by atoms with van der Waals surface area (Å²) in [6, 6.07) is 0. The number of aliphatic imine (C=N–C) groups is 1. The highest BCUT2D eigenvalue weighted by Crippen LogP contribution is 2.31. The third-order valence-electron chi connectivity index (χ3n) is 4.52. The van der Waals surface area contributed by atoms with Gasteiger partial charge < -0.3 is 10.5 Å². The maximum Gasteiger partial charge on any atom is 0.353 e. The monoisotopic (exact) mass is 447 g/mol. The van der Waals surface area contributed by atoms with E-state index >= 15 is 0 Å². The number of nitrogens with zero attached hydrogens (tertiary/aromatic N) is 8. The molecule has 0 aromatic carbocycles. The van der Waals surface area contributed by atoms with E-state index in [2.05, 4.69) is 25.2 Å². The zero-order valence-electron chi connectivity index (χ0n) is 17.5. The van der Waals surface area contributed by atoms with Crippen molar-refractivity contribution in [2.45, 2.75) is 33.7 Å². The molecule has 0 radical (unpaired) electrons. The fourth-order valence-corrected chi connectivity index (χ4v) is 3.21. The highest BCUT2D eigenvalue weighted by atomic mass is 35.5. The van der Waals surface area contributed by atoms with E-state index < -0.39 is 4.92 Å². The third kappa shape index (κ3) is 4.48. The van der Waals surface area contributed by atoms with Crippen LogP contribution in [0.5, 0.6) is 5.88 Å². The van der Waals surface area contributed by atoms with E-state index in [4.69, 9.17) is 22.1 Å². The van der Waals surface area contributed by atoms with Gasteiger partial charge >= 0.3 is 11.6 Å². The van der Waals surface area contributed by atoms with Gasteiger partial charge in [0.05, 0.1) is 22.6 Å². The van der Waals surface area contributed by atoms with Crippen LogP contribution in [0.2, 0.25) is 5.28 Å². The van der Waals surface area contributed by atoms with Crippen molar-refractivity contribution in [3.8, 4) is 5.88 Å². The van der Waals surface area contributed by atoms with Gasteiger partial charge in [0.1, 0.15) is 11.4 Å². The Morgan fingerprint density at radius 3 is 2.81 bits per heavy atom. The molecule has 0 amide bonds. The SMILES string of the molecule is CN=C/C(=C(/C)N)n1nc(OCCCn2nc(C)c3cnc(Cl)nc32)c([N+](=O)[O-])c1C. The van der Waals surface area contributed by atoms with Crippen LogP contribution in [-0.4, -0.2) is 54.3 Å². The van der Waals surface area contributed by atoms with Crippen LogP contribution in [-0.2, 0) is 6.54 Å². The normalized spacial score (nSPS) is 12.5. The van der Waals surface area contributed by atoms with Crippen LogP contribution in [0, 0.1) is 24.0 Å². The predicted octanol–water partition coefficient (Wildman–Crippen LogP) is 2.52. The molecule has 0 aliphatic carbocycles. The van der Waals surface area contributed by atoms with E-state index in [1.165, 1.54) is 10.9 Å². The van der Waals surface area contributed by atoms with E-state index in [9.17, 15) is 10.1 Å². The molecule has 2 N–H and O–H groups in total. The lowest BCUT2D eigenvalue weighted by Crippen LogP contribution is -2.10. The minimum atomic E-state index is -0.524. The number of ether oxygens (including phenoxy) is 1. The summed E-state index contributed by atoms with van der Waals surface area (Å²) in [5.74, 6) is -0.0855. The topological polar surface area (TPSA) is 152 Å². The number of rotatable bonds is 8. The summed E-state index contributed by atoms with van der Waals surface area (Å²) in [4.78, 5) is 23.2. The number of nitro groups is 1. The summed E-state index contributed by atoms with van der Waals surface area (Å²) in [6.07, 6.45) is 3.62. The first-order valence-corrected chi connectivity index (χ1v) is 9.73. The molecule has 3 heterocycles. The van der Waals surface area contributed by atoms with E-state index in [1.54, 1.807) is 31.8 Å². The molecule has 13 heteroatoms. The molecular formula is C18H22ClN9O3. The number of hydrogen-bond donors (Lipinski definition) is 1. The second-order valence-corrected chi connectivity index (χ2v) is 7.09. The summed E-state index contributed by atoms with van der Waals surface area (Å²) in [5.41, 5.74) is 8.22. The van der Waals surface area contributed by atoms with Crippen molar-refractivity contribution in [3.05, 3.63) is 38.7 Å². The van der Waals surface area contributed by atoms with Crippen LogP contribution < -0.4 is 10.5 Å². The van der Waals surface area contributed by atoms with Crippen LogP contribution in [0.4, 0.5) is 5.69 Å².